The van der Waals surface area contributed by atoms with Crippen LogP contribution in [-0.2, 0) is 4.79 Å². The van der Waals surface area contributed by atoms with E-state index in [2.05, 4.69) is 5.32 Å². The van der Waals surface area contributed by atoms with Gasteiger partial charge in [-0.25, -0.2) is 4.79 Å². The molecule has 1 aromatic carbocycles. The Morgan fingerprint density at radius 2 is 2.06 bits per heavy atom. The Balaban J connectivity index is 2.68. The zero-order valence-electron chi connectivity index (χ0n) is 10.1. The number of nitrogens with one attached hydrogen (secondary N) is 1. The predicted molar refractivity (Wildman–Crippen MR) is 64.5 cm³/mol. The molecule has 2 N–H and O–H groups in total. The Labute approximate surface area is 99.6 Å². The summed E-state index contributed by atoms with van der Waals surface area (Å²) in [6, 6.07) is 1.63. The fraction of sp³-hybridized carbons (Fsp3) is 0.385. The van der Waals surface area contributed by atoms with Crippen molar-refractivity contribution in [3.8, 4) is 0 Å². The zero-order chi connectivity index (χ0) is 12.7. The van der Waals surface area contributed by atoms with Crippen molar-refractivity contribution < 1.29 is 14.7 Å². The first-order valence-corrected chi connectivity index (χ1v) is 5.65. The maximum Gasteiger partial charge on any atom is 0.335 e. The quantitative estimate of drug-likeness (QED) is 0.824. The van der Waals surface area contributed by atoms with Crippen LogP contribution in [0.15, 0.2) is 6.07 Å². The number of fused-ring (bicyclic) bond motifs is 1. The summed E-state index contributed by atoms with van der Waals surface area (Å²) in [6.45, 7) is 5.54. The molecule has 2 rings (SSSR count). The molecule has 0 aromatic heterocycles. The van der Waals surface area contributed by atoms with E-state index >= 15 is 0 Å². The molecule has 1 atom stereocenters. The minimum atomic E-state index is -0.942. The van der Waals surface area contributed by atoms with Crippen molar-refractivity contribution in [3.63, 3.8) is 0 Å². The molecule has 90 valence electrons. The Hall–Kier alpha value is -1.84. The third-order valence-corrected chi connectivity index (χ3v) is 3.51. The summed E-state index contributed by atoms with van der Waals surface area (Å²) >= 11 is 0. The van der Waals surface area contributed by atoms with Crippen molar-refractivity contribution in [2.45, 2.75) is 33.1 Å². The number of carbonyl (C=O) groups is 2. The Morgan fingerprint density at radius 3 is 2.59 bits per heavy atom. The highest BCUT2D eigenvalue weighted by atomic mass is 16.4. The smallest absolute Gasteiger partial charge is 0.335 e. The van der Waals surface area contributed by atoms with Crippen LogP contribution >= 0.6 is 0 Å². The SMILES string of the molecule is CCC1C(=O)Nc2c1cc(C(=O)O)c(C)c2C. The van der Waals surface area contributed by atoms with Crippen LogP contribution in [0.2, 0.25) is 0 Å². The molecule has 4 heteroatoms. The molecular weight excluding hydrogens is 218 g/mol. The van der Waals surface area contributed by atoms with Crippen molar-refractivity contribution in [2.75, 3.05) is 5.32 Å². The molecular formula is C13H15NO3. The van der Waals surface area contributed by atoms with Crippen LogP contribution in [0.4, 0.5) is 5.69 Å². The van der Waals surface area contributed by atoms with Crippen molar-refractivity contribution >= 4 is 17.6 Å². The number of carbonyl (C=O) groups excluding carboxylic acids is 1. The van der Waals surface area contributed by atoms with E-state index < -0.39 is 5.97 Å². The number of carboxylic acids is 1. The van der Waals surface area contributed by atoms with Crippen molar-refractivity contribution in [3.05, 3.63) is 28.3 Å². The minimum Gasteiger partial charge on any atom is -0.478 e. The van der Waals surface area contributed by atoms with E-state index in [0.717, 1.165) is 16.8 Å². The number of benzene rings is 1. The lowest BCUT2D eigenvalue weighted by Gasteiger charge is -2.12. The van der Waals surface area contributed by atoms with Gasteiger partial charge in [-0.05, 0) is 43.0 Å². The highest BCUT2D eigenvalue weighted by Crippen LogP contribution is 2.39. The van der Waals surface area contributed by atoms with Gasteiger partial charge in [0.05, 0.1) is 11.5 Å². The number of anilines is 1. The van der Waals surface area contributed by atoms with Crippen LogP contribution in [0.5, 0.6) is 0 Å². The molecule has 0 aliphatic carbocycles. The number of aromatic carboxylic acids is 1. The Kier molecular flexibility index (Phi) is 2.65. The maximum atomic E-state index is 11.7. The van der Waals surface area contributed by atoms with Crippen molar-refractivity contribution in [1.29, 1.82) is 0 Å². The highest BCUT2D eigenvalue weighted by Gasteiger charge is 2.32. The van der Waals surface area contributed by atoms with Gasteiger partial charge in [0.15, 0.2) is 0 Å². The van der Waals surface area contributed by atoms with E-state index in [-0.39, 0.29) is 17.4 Å². The van der Waals surface area contributed by atoms with Crippen molar-refractivity contribution in [2.24, 2.45) is 0 Å². The van der Waals surface area contributed by atoms with Gasteiger partial charge in [0.1, 0.15) is 0 Å². The molecule has 1 heterocycles. The molecule has 0 radical (unpaired) electrons. The molecule has 0 bridgehead atoms. The molecule has 1 aliphatic heterocycles. The Morgan fingerprint density at radius 1 is 1.41 bits per heavy atom. The van der Waals surface area contributed by atoms with Crippen LogP contribution in [0, 0.1) is 13.8 Å². The van der Waals surface area contributed by atoms with E-state index in [4.69, 9.17) is 5.11 Å². The van der Waals surface area contributed by atoms with Gasteiger partial charge in [-0.1, -0.05) is 6.92 Å². The lowest BCUT2D eigenvalue weighted by molar-refractivity contribution is -0.117. The molecule has 0 fully saturated rings. The molecule has 1 aromatic rings. The first-order valence-electron chi connectivity index (χ1n) is 5.65. The van der Waals surface area contributed by atoms with E-state index in [1.807, 2.05) is 13.8 Å². The number of hydrogen-bond donors (Lipinski definition) is 2. The summed E-state index contributed by atoms with van der Waals surface area (Å²) < 4.78 is 0. The first-order chi connectivity index (χ1) is 7.97. The number of hydrogen-bond acceptors (Lipinski definition) is 2. The summed E-state index contributed by atoms with van der Waals surface area (Å²) in [6.07, 6.45) is 0.681. The monoisotopic (exact) mass is 233 g/mol. The summed E-state index contributed by atoms with van der Waals surface area (Å²) in [7, 11) is 0. The van der Waals surface area contributed by atoms with Crippen molar-refractivity contribution in [1.82, 2.24) is 0 Å². The summed E-state index contributed by atoms with van der Waals surface area (Å²) in [5.41, 5.74) is 3.47. The van der Waals surface area contributed by atoms with Gasteiger partial charge < -0.3 is 10.4 Å². The molecule has 0 saturated heterocycles. The maximum absolute atomic E-state index is 11.7. The van der Waals surface area contributed by atoms with Gasteiger partial charge in [0, 0.05) is 5.69 Å². The molecule has 1 amide bonds. The average Bonchev–Trinajstić information content (AvgIpc) is 2.59. The zero-order valence-corrected chi connectivity index (χ0v) is 10.1. The van der Waals surface area contributed by atoms with Gasteiger partial charge in [-0.15, -0.1) is 0 Å². The molecule has 1 unspecified atom stereocenters. The summed E-state index contributed by atoms with van der Waals surface area (Å²) in [4.78, 5) is 22.9. The van der Waals surface area contributed by atoms with Crippen LogP contribution < -0.4 is 5.32 Å². The minimum absolute atomic E-state index is 0.0347. The normalized spacial score (nSPS) is 17.8. The van der Waals surface area contributed by atoms with Gasteiger partial charge in [0.25, 0.3) is 0 Å². The highest BCUT2D eigenvalue weighted by molar-refractivity contribution is 6.05. The number of amides is 1. The van der Waals surface area contributed by atoms with E-state index in [0.29, 0.717) is 12.0 Å². The lowest BCUT2D eigenvalue weighted by atomic mass is 9.91. The van der Waals surface area contributed by atoms with Crippen LogP contribution in [0.3, 0.4) is 0 Å². The summed E-state index contributed by atoms with van der Waals surface area (Å²) in [5.74, 6) is -1.20. The largest absolute Gasteiger partial charge is 0.478 e. The molecule has 17 heavy (non-hydrogen) atoms. The lowest BCUT2D eigenvalue weighted by Crippen LogP contribution is -2.10. The van der Waals surface area contributed by atoms with Gasteiger partial charge in [-0.3, -0.25) is 4.79 Å². The van der Waals surface area contributed by atoms with E-state index in [1.54, 1.807) is 13.0 Å². The van der Waals surface area contributed by atoms with E-state index in [1.165, 1.54) is 0 Å². The van der Waals surface area contributed by atoms with E-state index in [9.17, 15) is 9.59 Å². The molecule has 1 aliphatic rings. The standard InChI is InChI=1S/C13H15NO3/c1-4-8-10-5-9(13(16)17)6(2)7(3)11(10)14-12(8)15/h5,8H,4H2,1-3H3,(H,14,15)(H,16,17). The number of carboxylic acid groups (broad SMARTS) is 1. The molecule has 0 spiro atoms. The van der Waals surface area contributed by atoms with Gasteiger partial charge in [0.2, 0.25) is 5.91 Å². The van der Waals surface area contributed by atoms with Gasteiger partial charge in [-0.2, -0.15) is 0 Å². The second kappa shape index (κ2) is 3.87. The Bertz CT molecular complexity index is 520. The first kappa shape index (κ1) is 11.6. The number of rotatable bonds is 2. The summed E-state index contributed by atoms with van der Waals surface area (Å²) in [5, 5.41) is 12.0. The van der Waals surface area contributed by atoms with Crippen LogP contribution in [0.1, 0.15) is 46.3 Å². The van der Waals surface area contributed by atoms with Gasteiger partial charge >= 0.3 is 5.97 Å². The second-order valence-electron chi connectivity index (χ2n) is 4.39. The average molecular weight is 233 g/mol. The van der Waals surface area contributed by atoms with Crippen LogP contribution in [-0.4, -0.2) is 17.0 Å². The molecule has 4 nitrogen and oxygen atoms in total. The third-order valence-electron chi connectivity index (χ3n) is 3.51. The topological polar surface area (TPSA) is 66.4 Å². The fourth-order valence-corrected chi connectivity index (χ4v) is 2.36. The predicted octanol–water partition coefficient (Wildman–Crippen LogP) is 2.45. The molecule has 0 saturated carbocycles. The second-order valence-corrected chi connectivity index (χ2v) is 4.39. The van der Waals surface area contributed by atoms with Crippen LogP contribution in [0.25, 0.3) is 0 Å². The fourth-order valence-electron chi connectivity index (χ4n) is 2.36. The third kappa shape index (κ3) is 1.60.